The Morgan fingerprint density at radius 2 is 1.36 bits per heavy atom. The third-order valence-electron chi connectivity index (χ3n) is 1.81. The second kappa shape index (κ2) is 5.96. The Morgan fingerprint density at radius 1 is 0.636 bits per heavy atom. The molecule has 0 atom stereocenters. The fourth-order valence-electron chi connectivity index (χ4n) is 1.15. The van der Waals surface area contributed by atoms with Crippen molar-refractivity contribution in [1.82, 2.24) is 0 Å². The lowest BCUT2D eigenvalue weighted by atomic mass is 10.2. The predicted octanol–water partition coefficient (Wildman–Crippen LogP) is 3.62. The maximum absolute atomic E-state index is 2.29. The van der Waals surface area contributed by atoms with Gasteiger partial charge in [0.2, 0.25) is 0 Å². The standard InChI is InChI=1S/C11H16/c1-2-4-6-8-10-11-9-7-5-3-1/h1-4,7,9H,5-6,8,10-11H2/b3-1+,4-2-,9-7?. The minimum absolute atomic E-state index is 1.09. The number of allylic oxidation sites excluding steroid dienone is 6. The number of hydrogen-bond acceptors (Lipinski definition) is 0. The van der Waals surface area contributed by atoms with Gasteiger partial charge in [0.05, 0.1) is 0 Å². The first-order valence-corrected chi connectivity index (χ1v) is 4.47. The van der Waals surface area contributed by atoms with Crippen LogP contribution in [0, 0.1) is 0 Å². The number of rotatable bonds is 0. The zero-order chi connectivity index (χ0) is 7.78. The summed E-state index contributed by atoms with van der Waals surface area (Å²) in [6.07, 6.45) is 19.5. The summed E-state index contributed by atoms with van der Waals surface area (Å²) >= 11 is 0. The van der Waals surface area contributed by atoms with E-state index in [2.05, 4.69) is 36.5 Å². The van der Waals surface area contributed by atoms with Gasteiger partial charge in [0.15, 0.2) is 0 Å². The van der Waals surface area contributed by atoms with Crippen LogP contribution in [0.5, 0.6) is 0 Å². The molecule has 0 heteroatoms. The molecule has 0 radical (unpaired) electrons. The molecule has 1 rings (SSSR count). The van der Waals surface area contributed by atoms with Gasteiger partial charge in [-0.25, -0.2) is 0 Å². The van der Waals surface area contributed by atoms with Crippen LogP contribution in [0.3, 0.4) is 0 Å². The van der Waals surface area contributed by atoms with Crippen molar-refractivity contribution in [1.29, 1.82) is 0 Å². The van der Waals surface area contributed by atoms with E-state index in [4.69, 9.17) is 0 Å². The zero-order valence-electron chi connectivity index (χ0n) is 7.00. The average Bonchev–Trinajstić information content (AvgIpc) is 2.08. The van der Waals surface area contributed by atoms with E-state index in [0.717, 1.165) is 6.42 Å². The van der Waals surface area contributed by atoms with Crippen molar-refractivity contribution in [2.45, 2.75) is 32.1 Å². The summed E-state index contributed by atoms with van der Waals surface area (Å²) in [5, 5.41) is 0. The molecule has 0 saturated heterocycles. The molecule has 11 heavy (non-hydrogen) atoms. The second-order valence-corrected chi connectivity index (χ2v) is 2.85. The minimum atomic E-state index is 1.09. The van der Waals surface area contributed by atoms with E-state index in [-0.39, 0.29) is 0 Å². The van der Waals surface area contributed by atoms with Crippen LogP contribution in [0.2, 0.25) is 0 Å². The van der Waals surface area contributed by atoms with E-state index in [1.54, 1.807) is 0 Å². The van der Waals surface area contributed by atoms with Crippen molar-refractivity contribution in [2.75, 3.05) is 0 Å². The van der Waals surface area contributed by atoms with Crippen LogP contribution < -0.4 is 0 Å². The molecule has 60 valence electrons. The van der Waals surface area contributed by atoms with Gasteiger partial charge in [0, 0.05) is 0 Å². The Kier molecular flexibility index (Phi) is 4.51. The molecule has 0 saturated carbocycles. The van der Waals surface area contributed by atoms with Gasteiger partial charge in [-0.05, 0) is 32.1 Å². The van der Waals surface area contributed by atoms with E-state index < -0.39 is 0 Å². The van der Waals surface area contributed by atoms with E-state index >= 15 is 0 Å². The monoisotopic (exact) mass is 148 g/mol. The van der Waals surface area contributed by atoms with Gasteiger partial charge in [-0.1, -0.05) is 36.5 Å². The summed E-state index contributed by atoms with van der Waals surface area (Å²) in [5.41, 5.74) is 0. The second-order valence-electron chi connectivity index (χ2n) is 2.85. The summed E-state index contributed by atoms with van der Waals surface area (Å²) in [5.74, 6) is 0. The molecular formula is C11H16. The first-order chi connectivity index (χ1) is 5.50. The highest BCUT2D eigenvalue weighted by molar-refractivity contribution is 5.05. The van der Waals surface area contributed by atoms with Crippen LogP contribution in [-0.2, 0) is 0 Å². The molecule has 0 amide bonds. The molecule has 0 N–H and O–H groups in total. The Hall–Kier alpha value is -0.780. The highest BCUT2D eigenvalue weighted by Crippen LogP contribution is 2.03. The van der Waals surface area contributed by atoms with Crippen molar-refractivity contribution >= 4 is 0 Å². The fourth-order valence-corrected chi connectivity index (χ4v) is 1.15. The van der Waals surface area contributed by atoms with Gasteiger partial charge < -0.3 is 0 Å². The Morgan fingerprint density at radius 3 is 2.27 bits per heavy atom. The van der Waals surface area contributed by atoms with Crippen LogP contribution in [0.25, 0.3) is 0 Å². The van der Waals surface area contributed by atoms with Crippen molar-refractivity contribution in [3.8, 4) is 0 Å². The van der Waals surface area contributed by atoms with Crippen molar-refractivity contribution in [2.24, 2.45) is 0 Å². The van der Waals surface area contributed by atoms with Crippen LogP contribution in [-0.4, -0.2) is 0 Å². The summed E-state index contributed by atoms with van der Waals surface area (Å²) < 4.78 is 0. The van der Waals surface area contributed by atoms with Gasteiger partial charge in [-0.3, -0.25) is 0 Å². The Bertz CT molecular complexity index is 161. The summed E-state index contributed by atoms with van der Waals surface area (Å²) in [6, 6.07) is 0. The molecule has 1 aliphatic carbocycles. The molecular weight excluding hydrogens is 132 g/mol. The van der Waals surface area contributed by atoms with E-state index in [1.165, 1.54) is 25.7 Å². The van der Waals surface area contributed by atoms with Crippen LogP contribution in [0.15, 0.2) is 36.5 Å². The summed E-state index contributed by atoms with van der Waals surface area (Å²) in [4.78, 5) is 0. The quantitative estimate of drug-likeness (QED) is 0.460. The maximum atomic E-state index is 2.29. The molecule has 0 unspecified atom stereocenters. The van der Waals surface area contributed by atoms with Gasteiger partial charge in [-0.15, -0.1) is 0 Å². The van der Waals surface area contributed by atoms with Gasteiger partial charge in [0.25, 0.3) is 0 Å². The lowest BCUT2D eigenvalue weighted by Crippen LogP contribution is -1.71. The van der Waals surface area contributed by atoms with Crippen LogP contribution >= 0.6 is 0 Å². The molecule has 0 fully saturated rings. The molecule has 0 aliphatic heterocycles. The fraction of sp³-hybridized carbons (Fsp3) is 0.455. The Balaban J connectivity index is 2.35. The highest BCUT2D eigenvalue weighted by atomic mass is 13.9. The smallest absolute Gasteiger partial charge is 0.0166 e. The van der Waals surface area contributed by atoms with Crippen LogP contribution in [0.4, 0.5) is 0 Å². The maximum Gasteiger partial charge on any atom is -0.0166 e. The topological polar surface area (TPSA) is 0 Å². The zero-order valence-corrected chi connectivity index (χ0v) is 7.00. The molecule has 0 nitrogen and oxygen atoms in total. The summed E-state index contributed by atoms with van der Waals surface area (Å²) in [7, 11) is 0. The number of hydrogen-bond donors (Lipinski definition) is 0. The van der Waals surface area contributed by atoms with Crippen LogP contribution in [0.1, 0.15) is 32.1 Å². The van der Waals surface area contributed by atoms with Gasteiger partial charge in [0.1, 0.15) is 0 Å². The van der Waals surface area contributed by atoms with Gasteiger partial charge in [-0.2, -0.15) is 0 Å². The van der Waals surface area contributed by atoms with Crippen molar-refractivity contribution in [3.05, 3.63) is 36.5 Å². The highest BCUT2D eigenvalue weighted by Gasteiger charge is 1.83. The first kappa shape index (κ1) is 8.32. The average molecular weight is 148 g/mol. The van der Waals surface area contributed by atoms with E-state index in [1.807, 2.05) is 0 Å². The molecule has 0 heterocycles. The molecule has 0 bridgehead atoms. The lowest BCUT2D eigenvalue weighted by Gasteiger charge is -1.90. The van der Waals surface area contributed by atoms with E-state index in [0.29, 0.717) is 0 Å². The van der Waals surface area contributed by atoms with E-state index in [9.17, 15) is 0 Å². The van der Waals surface area contributed by atoms with Crippen molar-refractivity contribution in [3.63, 3.8) is 0 Å². The third kappa shape index (κ3) is 4.60. The Labute approximate surface area is 69.3 Å². The summed E-state index contributed by atoms with van der Waals surface area (Å²) in [6.45, 7) is 0. The largest absolute Gasteiger partial charge is 0.0882 e. The third-order valence-corrected chi connectivity index (χ3v) is 1.81. The predicted molar refractivity (Wildman–Crippen MR) is 50.5 cm³/mol. The SMILES string of the molecule is C1=CCCCC/C=C\C=C\C1. The molecule has 1 aliphatic rings. The first-order valence-electron chi connectivity index (χ1n) is 4.47. The minimum Gasteiger partial charge on any atom is -0.0882 e. The molecule has 0 aromatic rings. The molecule has 0 spiro atoms. The van der Waals surface area contributed by atoms with Gasteiger partial charge >= 0.3 is 0 Å². The molecule has 0 aromatic heterocycles. The van der Waals surface area contributed by atoms with Crippen molar-refractivity contribution < 1.29 is 0 Å². The lowest BCUT2D eigenvalue weighted by molar-refractivity contribution is 0.761. The normalized spacial score (nSPS) is 25.5. The molecule has 0 aromatic carbocycles.